The molecule has 1 fully saturated rings. The Hall–Kier alpha value is -1.68. The zero-order valence-corrected chi connectivity index (χ0v) is 15.1. The molecule has 1 atom stereocenters. The molecule has 1 aliphatic rings. The van der Waals surface area contributed by atoms with Crippen molar-refractivity contribution in [2.75, 3.05) is 20.2 Å². The molecule has 0 radical (unpaired) electrons. The van der Waals surface area contributed by atoms with Gasteiger partial charge in [-0.3, -0.25) is 9.59 Å². The molecule has 1 aromatic carbocycles. The Morgan fingerprint density at radius 2 is 1.92 bits per heavy atom. The summed E-state index contributed by atoms with van der Waals surface area (Å²) in [6, 6.07) is 7.78. The van der Waals surface area contributed by atoms with Gasteiger partial charge < -0.3 is 9.64 Å². The molecule has 1 unspecified atom stereocenters. The summed E-state index contributed by atoms with van der Waals surface area (Å²) in [5, 5.41) is 0. The standard InChI is InChI=1S/C20H29NO3/c1-15(2)13-16-6-8-17(9-7-16)19(22)10-11-20(23)21(3)14-18-5-4-12-24-18/h6-9,15,18H,4-5,10-14H2,1-3H3. The van der Waals surface area contributed by atoms with Gasteiger partial charge in [0.1, 0.15) is 0 Å². The highest BCUT2D eigenvalue weighted by Gasteiger charge is 2.20. The number of ketones is 1. The minimum Gasteiger partial charge on any atom is -0.376 e. The summed E-state index contributed by atoms with van der Waals surface area (Å²) in [6.07, 6.45) is 3.77. The van der Waals surface area contributed by atoms with Crippen molar-refractivity contribution < 1.29 is 14.3 Å². The van der Waals surface area contributed by atoms with E-state index < -0.39 is 0 Å². The number of amides is 1. The van der Waals surface area contributed by atoms with Crippen LogP contribution in [0.15, 0.2) is 24.3 Å². The molecule has 4 heteroatoms. The van der Waals surface area contributed by atoms with E-state index in [0.717, 1.165) is 25.9 Å². The normalized spacial score (nSPS) is 17.2. The van der Waals surface area contributed by atoms with Crippen LogP contribution in [0.1, 0.15) is 55.5 Å². The van der Waals surface area contributed by atoms with Crippen molar-refractivity contribution >= 4 is 11.7 Å². The third-order valence-electron chi connectivity index (χ3n) is 4.41. The Morgan fingerprint density at radius 1 is 1.21 bits per heavy atom. The number of rotatable bonds is 8. The summed E-state index contributed by atoms with van der Waals surface area (Å²) < 4.78 is 5.55. The van der Waals surface area contributed by atoms with E-state index in [0.29, 0.717) is 18.0 Å². The molecule has 1 heterocycles. The zero-order chi connectivity index (χ0) is 17.5. The van der Waals surface area contributed by atoms with Crippen LogP contribution in [-0.2, 0) is 16.0 Å². The lowest BCUT2D eigenvalue weighted by Crippen LogP contribution is -2.34. The molecule has 0 saturated carbocycles. The van der Waals surface area contributed by atoms with Gasteiger partial charge >= 0.3 is 0 Å². The van der Waals surface area contributed by atoms with Gasteiger partial charge in [0.25, 0.3) is 0 Å². The highest BCUT2D eigenvalue weighted by Crippen LogP contribution is 2.15. The number of carbonyl (C=O) groups excluding carboxylic acids is 2. The van der Waals surface area contributed by atoms with Crippen LogP contribution in [-0.4, -0.2) is 42.9 Å². The SMILES string of the molecule is CC(C)Cc1ccc(C(=O)CCC(=O)N(C)CC2CCCO2)cc1. The lowest BCUT2D eigenvalue weighted by Gasteiger charge is -2.20. The molecule has 1 aliphatic heterocycles. The monoisotopic (exact) mass is 331 g/mol. The maximum atomic E-state index is 12.3. The molecule has 0 bridgehead atoms. The van der Waals surface area contributed by atoms with Crippen LogP contribution in [0.5, 0.6) is 0 Å². The van der Waals surface area contributed by atoms with Crippen molar-refractivity contribution in [3.8, 4) is 0 Å². The third-order valence-corrected chi connectivity index (χ3v) is 4.41. The van der Waals surface area contributed by atoms with E-state index in [1.165, 1.54) is 5.56 Å². The van der Waals surface area contributed by atoms with Crippen LogP contribution in [0, 0.1) is 5.92 Å². The van der Waals surface area contributed by atoms with Crippen LogP contribution in [0.2, 0.25) is 0 Å². The van der Waals surface area contributed by atoms with Crippen LogP contribution in [0.4, 0.5) is 0 Å². The number of Topliss-reactive ketones (excluding diaryl/α,β-unsaturated/α-hetero) is 1. The fourth-order valence-corrected chi connectivity index (χ4v) is 3.05. The van der Waals surface area contributed by atoms with Gasteiger partial charge in [-0.25, -0.2) is 0 Å². The van der Waals surface area contributed by atoms with Gasteiger partial charge in [0, 0.05) is 38.6 Å². The molecule has 1 amide bonds. The molecule has 1 saturated heterocycles. The first-order valence-electron chi connectivity index (χ1n) is 8.93. The first kappa shape index (κ1) is 18.7. The van der Waals surface area contributed by atoms with Crippen molar-refractivity contribution in [1.82, 2.24) is 4.90 Å². The average Bonchev–Trinajstić information content (AvgIpc) is 3.05. The Balaban J connectivity index is 1.78. The molecule has 0 aromatic heterocycles. The number of nitrogens with zero attached hydrogens (tertiary/aromatic N) is 1. The molecular formula is C20H29NO3. The second-order valence-corrected chi connectivity index (χ2v) is 7.13. The predicted molar refractivity (Wildman–Crippen MR) is 95.2 cm³/mol. The van der Waals surface area contributed by atoms with Crippen LogP contribution >= 0.6 is 0 Å². The second kappa shape index (κ2) is 8.97. The predicted octanol–water partition coefficient (Wildman–Crippen LogP) is 3.49. The van der Waals surface area contributed by atoms with Crippen LogP contribution in [0.25, 0.3) is 0 Å². The van der Waals surface area contributed by atoms with Gasteiger partial charge in [-0.1, -0.05) is 38.1 Å². The van der Waals surface area contributed by atoms with Gasteiger partial charge in [-0.2, -0.15) is 0 Å². The number of hydrogen-bond acceptors (Lipinski definition) is 3. The molecule has 2 rings (SSSR count). The van der Waals surface area contributed by atoms with E-state index in [1.54, 1.807) is 11.9 Å². The van der Waals surface area contributed by atoms with E-state index in [-0.39, 0.29) is 30.6 Å². The van der Waals surface area contributed by atoms with E-state index in [2.05, 4.69) is 13.8 Å². The smallest absolute Gasteiger partial charge is 0.222 e. The van der Waals surface area contributed by atoms with E-state index in [9.17, 15) is 9.59 Å². The van der Waals surface area contributed by atoms with Gasteiger partial charge in [0.2, 0.25) is 5.91 Å². The molecule has 4 nitrogen and oxygen atoms in total. The number of ether oxygens (including phenoxy) is 1. The summed E-state index contributed by atoms with van der Waals surface area (Å²) in [5.74, 6) is 0.642. The largest absolute Gasteiger partial charge is 0.376 e. The van der Waals surface area contributed by atoms with Crippen molar-refractivity contribution in [1.29, 1.82) is 0 Å². The fraction of sp³-hybridized carbons (Fsp3) is 0.600. The van der Waals surface area contributed by atoms with Gasteiger partial charge in [-0.05, 0) is 30.7 Å². The van der Waals surface area contributed by atoms with Crippen LogP contribution in [0.3, 0.4) is 0 Å². The van der Waals surface area contributed by atoms with E-state index in [4.69, 9.17) is 4.74 Å². The Bertz CT molecular complexity index is 545. The molecule has 0 N–H and O–H groups in total. The highest BCUT2D eigenvalue weighted by molar-refractivity contribution is 5.97. The van der Waals surface area contributed by atoms with Crippen molar-refractivity contribution in [2.24, 2.45) is 5.92 Å². The Labute approximate surface area is 145 Å². The highest BCUT2D eigenvalue weighted by atomic mass is 16.5. The molecule has 0 aliphatic carbocycles. The molecular weight excluding hydrogens is 302 g/mol. The lowest BCUT2D eigenvalue weighted by atomic mass is 9.99. The van der Waals surface area contributed by atoms with E-state index in [1.807, 2.05) is 24.3 Å². The van der Waals surface area contributed by atoms with Crippen molar-refractivity contribution in [3.05, 3.63) is 35.4 Å². The third kappa shape index (κ3) is 5.75. The number of hydrogen-bond donors (Lipinski definition) is 0. The number of likely N-dealkylation sites (N-methyl/N-ethyl adjacent to an activating group) is 1. The summed E-state index contributed by atoms with van der Waals surface area (Å²) >= 11 is 0. The fourth-order valence-electron chi connectivity index (χ4n) is 3.05. The number of carbonyl (C=O) groups is 2. The first-order valence-corrected chi connectivity index (χ1v) is 8.93. The number of benzene rings is 1. The average molecular weight is 331 g/mol. The lowest BCUT2D eigenvalue weighted by molar-refractivity contribution is -0.131. The maximum Gasteiger partial charge on any atom is 0.222 e. The Morgan fingerprint density at radius 3 is 2.50 bits per heavy atom. The topological polar surface area (TPSA) is 46.6 Å². The van der Waals surface area contributed by atoms with Crippen molar-refractivity contribution in [3.63, 3.8) is 0 Å². The Kier molecular flexibility index (Phi) is 6.98. The zero-order valence-electron chi connectivity index (χ0n) is 15.1. The summed E-state index contributed by atoms with van der Waals surface area (Å²) in [5.41, 5.74) is 1.94. The quantitative estimate of drug-likeness (QED) is 0.685. The van der Waals surface area contributed by atoms with E-state index >= 15 is 0 Å². The molecule has 1 aromatic rings. The first-order chi connectivity index (χ1) is 11.5. The minimum atomic E-state index is 0.00952. The van der Waals surface area contributed by atoms with Crippen molar-refractivity contribution in [2.45, 2.75) is 52.1 Å². The summed E-state index contributed by atoms with van der Waals surface area (Å²) in [6.45, 7) is 5.77. The molecule has 24 heavy (non-hydrogen) atoms. The molecule has 132 valence electrons. The van der Waals surface area contributed by atoms with Gasteiger partial charge in [0.05, 0.1) is 6.10 Å². The summed E-state index contributed by atoms with van der Waals surface area (Å²) in [4.78, 5) is 26.1. The molecule has 0 spiro atoms. The summed E-state index contributed by atoms with van der Waals surface area (Å²) in [7, 11) is 1.79. The maximum absolute atomic E-state index is 12.3. The minimum absolute atomic E-state index is 0.00952. The second-order valence-electron chi connectivity index (χ2n) is 7.13. The van der Waals surface area contributed by atoms with Crippen LogP contribution < -0.4 is 0 Å². The van der Waals surface area contributed by atoms with Gasteiger partial charge in [0.15, 0.2) is 5.78 Å². The van der Waals surface area contributed by atoms with Gasteiger partial charge in [-0.15, -0.1) is 0 Å².